The van der Waals surface area contributed by atoms with E-state index >= 15 is 0 Å². The lowest BCUT2D eigenvalue weighted by molar-refractivity contribution is 0.487. The van der Waals surface area contributed by atoms with Gasteiger partial charge in [-0.3, -0.25) is 4.68 Å². The first-order chi connectivity index (χ1) is 6.72. The maximum Gasteiger partial charge on any atom is 0.164 e. The van der Waals surface area contributed by atoms with E-state index in [2.05, 4.69) is 29.2 Å². The fraction of sp³-hybridized carbons (Fsp3) is 0.800. The summed E-state index contributed by atoms with van der Waals surface area (Å²) >= 11 is 0. The number of nitrogens with zero attached hydrogens (tertiary/aromatic N) is 3. The number of hydrogen-bond donors (Lipinski definition) is 1. The lowest BCUT2D eigenvalue weighted by atomic mass is 10.1. The number of hydrogen-bond acceptors (Lipinski definition) is 3. The Balaban J connectivity index is 2.28. The molecule has 1 rings (SSSR count). The summed E-state index contributed by atoms with van der Waals surface area (Å²) in [5.74, 6) is 1.65. The molecule has 1 aromatic rings. The minimum absolute atomic E-state index is 0.747. The molecule has 0 aliphatic heterocycles. The van der Waals surface area contributed by atoms with Crippen molar-refractivity contribution >= 4 is 0 Å². The van der Waals surface area contributed by atoms with Crippen molar-refractivity contribution in [3.8, 4) is 0 Å². The topological polar surface area (TPSA) is 42.7 Å². The molecule has 1 heterocycles. The molecule has 14 heavy (non-hydrogen) atoms. The van der Waals surface area contributed by atoms with Crippen LogP contribution < -0.4 is 5.32 Å². The van der Waals surface area contributed by atoms with Gasteiger partial charge in [-0.1, -0.05) is 13.8 Å². The van der Waals surface area contributed by atoms with Gasteiger partial charge in [0.05, 0.1) is 6.54 Å². The monoisotopic (exact) mass is 196 g/mol. The molecule has 0 aliphatic carbocycles. The van der Waals surface area contributed by atoms with Crippen LogP contribution in [-0.2, 0) is 13.1 Å². The Hall–Kier alpha value is -0.900. The fourth-order valence-corrected chi connectivity index (χ4v) is 1.34. The highest BCUT2D eigenvalue weighted by molar-refractivity contribution is 4.79. The van der Waals surface area contributed by atoms with E-state index in [0.717, 1.165) is 24.8 Å². The summed E-state index contributed by atoms with van der Waals surface area (Å²) in [6.45, 7) is 6.22. The largest absolute Gasteiger partial charge is 0.313 e. The van der Waals surface area contributed by atoms with Crippen LogP contribution in [0.15, 0.2) is 6.33 Å². The van der Waals surface area contributed by atoms with E-state index in [9.17, 15) is 0 Å². The number of nitrogens with one attached hydrogen (secondary N) is 1. The third-order valence-electron chi connectivity index (χ3n) is 2.09. The molecular weight excluding hydrogens is 176 g/mol. The van der Waals surface area contributed by atoms with Gasteiger partial charge < -0.3 is 5.32 Å². The molecule has 0 amide bonds. The van der Waals surface area contributed by atoms with Gasteiger partial charge in [-0.15, -0.1) is 0 Å². The van der Waals surface area contributed by atoms with Gasteiger partial charge in [0.15, 0.2) is 5.82 Å². The average molecular weight is 196 g/mol. The smallest absolute Gasteiger partial charge is 0.164 e. The highest BCUT2D eigenvalue weighted by Crippen LogP contribution is 2.04. The van der Waals surface area contributed by atoms with E-state index in [1.54, 1.807) is 0 Å². The maximum absolute atomic E-state index is 4.34. The standard InChI is InChI=1S/C10H20N4/c1-9(2)5-4-6-14-8-12-10(13-14)7-11-3/h8-9,11H,4-7H2,1-3H3. The zero-order valence-electron chi connectivity index (χ0n) is 9.32. The van der Waals surface area contributed by atoms with Crippen molar-refractivity contribution < 1.29 is 0 Å². The second-order valence-electron chi connectivity index (χ2n) is 3.99. The highest BCUT2D eigenvalue weighted by Gasteiger charge is 1.99. The van der Waals surface area contributed by atoms with Crippen LogP contribution in [0.3, 0.4) is 0 Å². The molecule has 4 heteroatoms. The number of aromatic nitrogens is 3. The second-order valence-corrected chi connectivity index (χ2v) is 3.99. The third-order valence-corrected chi connectivity index (χ3v) is 2.09. The predicted molar refractivity (Wildman–Crippen MR) is 56.9 cm³/mol. The number of aryl methyl sites for hydroxylation is 1. The predicted octanol–water partition coefficient (Wildman–Crippen LogP) is 1.43. The maximum atomic E-state index is 4.34. The quantitative estimate of drug-likeness (QED) is 0.748. The highest BCUT2D eigenvalue weighted by atomic mass is 15.3. The Bertz CT molecular complexity index is 254. The molecule has 0 bridgehead atoms. The zero-order chi connectivity index (χ0) is 10.4. The molecule has 1 aromatic heterocycles. The molecule has 80 valence electrons. The first-order valence-electron chi connectivity index (χ1n) is 5.25. The molecule has 0 radical (unpaired) electrons. The van der Waals surface area contributed by atoms with Gasteiger partial charge >= 0.3 is 0 Å². The van der Waals surface area contributed by atoms with E-state index in [1.165, 1.54) is 12.8 Å². The molecule has 4 nitrogen and oxygen atoms in total. The van der Waals surface area contributed by atoms with Crippen LogP contribution in [-0.4, -0.2) is 21.8 Å². The summed E-state index contributed by atoms with van der Waals surface area (Å²) in [4.78, 5) is 4.19. The Morgan fingerprint density at radius 1 is 1.50 bits per heavy atom. The van der Waals surface area contributed by atoms with Gasteiger partial charge in [0.25, 0.3) is 0 Å². The van der Waals surface area contributed by atoms with Crippen LogP contribution in [0.25, 0.3) is 0 Å². The Morgan fingerprint density at radius 3 is 2.93 bits per heavy atom. The molecule has 0 aromatic carbocycles. The second kappa shape index (κ2) is 5.75. The molecule has 0 unspecified atom stereocenters. The third kappa shape index (κ3) is 3.87. The van der Waals surface area contributed by atoms with E-state index in [1.807, 2.05) is 18.1 Å². The van der Waals surface area contributed by atoms with E-state index in [-0.39, 0.29) is 0 Å². The first kappa shape index (κ1) is 11.2. The van der Waals surface area contributed by atoms with Gasteiger partial charge in [-0.2, -0.15) is 5.10 Å². The summed E-state index contributed by atoms with van der Waals surface area (Å²) in [5.41, 5.74) is 0. The van der Waals surface area contributed by atoms with Crippen LogP contribution in [0.2, 0.25) is 0 Å². The Labute approximate surface area is 85.7 Å². The van der Waals surface area contributed by atoms with E-state index in [0.29, 0.717) is 0 Å². The SMILES string of the molecule is CNCc1ncn(CCCC(C)C)n1. The van der Waals surface area contributed by atoms with Gasteiger partial charge in [0, 0.05) is 6.54 Å². The lowest BCUT2D eigenvalue weighted by Gasteiger charge is -2.03. The molecule has 0 spiro atoms. The summed E-state index contributed by atoms with van der Waals surface area (Å²) in [5, 5.41) is 7.37. The molecule has 0 atom stereocenters. The Morgan fingerprint density at radius 2 is 2.29 bits per heavy atom. The normalized spacial score (nSPS) is 11.1. The minimum atomic E-state index is 0.747. The molecule has 0 aliphatic rings. The Kier molecular flexibility index (Phi) is 4.59. The lowest BCUT2D eigenvalue weighted by Crippen LogP contribution is -2.08. The van der Waals surface area contributed by atoms with E-state index in [4.69, 9.17) is 0 Å². The molecule has 0 saturated carbocycles. The average Bonchev–Trinajstić information content (AvgIpc) is 2.53. The fourth-order valence-electron chi connectivity index (χ4n) is 1.34. The molecule has 0 fully saturated rings. The zero-order valence-corrected chi connectivity index (χ0v) is 9.32. The van der Waals surface area contributed by atoms with Crippen molar-refractivity contribution in [2.75, 3.05) is 7.05 Å². The van der Waals surface area contributed by atoms with Gasteiger partial charge in [-0.05, 0) is 25.8 Å². The van der Waals surface area contributed by atoms with Crippen molar-refractivity contribution in [1.82, 2.24) is 20.1 Å². The molecule has 1 N–H and O–H groups in total. The minimum Gasteiger partial charge on any atom is -0.313 e. The van der Waals surface area contributed by atoms with Gasteiger partial charge in [0.1, 0.15) is 6.33 Å². The van der Waals surface area contributed by atoms with Crippen LogP contribution in [0.5, 0.6) is 0 Å². The van der Waals surface area contributed by atoms with E-state index < -0.39 is 0 Å². The van der Waals surface area contributed by atoms with Crippen molar-refractivity contribution in [2.24, 2.45) is 5.92 Å². The van der Waals surface area contributed by atoms with Crippen molar-refractivity contribution in [3.05, 3.63) is 12.2 Å². The van der Waals surface area contributed by atoms with Crippen molar-refractivity contribution in [1.29, 1.82) is 0 Å². The van der Waals surface area contributed by atoms with Crippen LogP contribution in [0.1, 0.15) is 32.5 Å². The molecule has 0 saturated heterocycles. The van der Waals surface area contributed by atoms with Crippen molar-refractivity contribution in [3.63, 3.8) is 0 Å². The van der Waals surface area contributed by atoms with Gasteiger partial charge in [-0.25, -0.2) is 4.98 Å². The summed E-state index contributed by atoms with van der Waals surface area (Å²) in [7, 11) is 1.90. The first-order valence-corrected chi connectivity index (χ1v) is 5.25. The summed E-state index contributed by atoms with van der Waals surface area (Å²) in [6, 6.07) is 0. The number of rotatable bonds is 6. The van der Waals surface area contributed by atoms with Gasteiger partial charge in [0.2, 0.25) is 0 Å². The summed E-state index contributed by atoms with van der Waals surface area (Å²) in [6.07, 6.45) is 4.24. The van der Waals surface area contributed by atoms with Crippen LogP contribution in [0.4, 0.5) is 0 Å². The summed E-state index contributed by atoms with van der Waals surface area (Å²) < 4.78 is 1.93. The van der Waals surface area contributed by atoms with Crippen molar-refractivity contribution in [2.45, 2.75) is 39.8 Å². The van der Waals surface area contributed by atoms with Crippen LogP contribution in [0, 0.1) is 5.92 Å². The molecular formula is C10H20N4. The van der Waals surface area contributed by atoms with Crippen LogP contribution >= 0.6 is 0 Å².